The Kier molecular flexibility index (Phi) is 6.51. The molecule has 6 rings (SSSR count). The van der Waals surface area contributed by atoms with Crippen LogP contribution in [-0.2, 0) is 14.0 Å². The topological polar surface area (TPSA) is 76.7 Å². The Morgan fingerprint density at radius 1 is 0.976 bits per heavy atom. The van der Waals surface area contributed by atoms with Gasteiger partial charge in [0.15, 0.2) is 0 Å². The van der Waals surface area contributed by atoms with Crippen molar-refractivity contribution in [2.45, 2.75) is 84.7 Å². The first-order chi connectivity index (χ1) is 19.2. The summed E-state index contributed by atoms with van der Waals surface area (Å²) in [6.07, 6.45) is 0.565. The number of aromatic nitrogens is 2. The van der Waals surface area contributed by atoms with E-state index in [1.165, 1.54) is 0 Å². The Labute approximate surface area is 242 Å². The van der Waals surface area contributed by atoms with E-state index in [1.54, 1.807) is 0 Å². The van der Waals surface area contributed by atoms with Gasteiger partial charge in [0.05, 0.1) is 28.3 Å². The van der Waals surface area contributed by atoms with Crippen molar-refractivity contribution >= 4 is 40.5 Å². The molecule has 0 unspecified atom stereocenters. The molecule has 0 bridgehead atoms. The molecule has 3 aromatic carbocycles. The van der Waals surface area contributed by atoms with Crippen LogP contribution in [0.1, 0.15) is 73.7 Å². The predicted octanol–water partition coefficient (Wildman–Crippen LogP) is 7.00. The monoisotopic (exact) mass is 553 g/mol. The molecule has 0 spiro atoms. The van der Waals surface area contributed by atoms with Gasteiger partial charge < -0.3 is 19.0 Å². The molecular formula is C33H40BN3O4. The Morgan fingerprint density at radius 3 is 2.32 bits per heavy atom. The van der Waals surface area contributed by atoms with Gasteiger partial charge in [0.2, 0.25) is 0 Å². The van der Waals surface area contributed by atoms with Gasteiger partial charge in [-0.1, -0.05) is 43.3 Å². The summed E-state index contributed by atoms with van der Waals surface area (Å²) < 4.78 is 18.2. The average Bonchev–Trinajstić information content (AvgIpc) is 3.54. The maximum absolute atomic E-state index is 13.0. The molecule has 1 amide bonds. The van der Waals surface area contributed by atoms with Crippen molar-refractivity contribution < 1.29 is 18.8 Å². The lowest BCUT2D eigenvalue weighted by molar-refractivity contribution is 0.00578. The third-order valence-corrected chi connectivity index (χ3v) is 8.68. The van der Waals surface area contributed by atoms with Crippen LogP contribution in [0.15, 0.2) is 54.6 Å². The summed E-state index contributed by atoms with van der Waals surface area (Å²) >= 11 is 0. The van der Waals surface area contributed by atoms with E-state index in [2.05, 4.69) is 88.1 Å². The van der Waals surface area contributed by atoms with Gasteiger partial charge in [0.25, 0.3) is 0 Å². The molecule has 2 saturated heterocycles. The zero-order chi connectivity index (χ0) is 29.3. The number of amides is 1. The minimum Gasteiger partial charge on any atom is -0.444 e. The van der Waals surface area contributed by atoms with E-state index in [-0.39, 0.29) is 30.5 Å². The summed E-state index contributed by atoms with van der Waals surface area (Å²) in [6.45, 7) is 16.8. The third-order valence-electron chi connectivity index (χ3n) is 8.68. The number of ether oxygens (including phenoxy) is 1. The van der Waals surface area contributed by atoms with Gasteiger partial charge in [-0.2, -0.15) is 0 Å². The Morgan fingerprint density at radius 2 is 1.61 bits per heavy atom. The molecular weight excluding hydrogens is 513 g/mol. The van der Waals surface area contributed by atoms with Gasteiger partial charge in [-0.3, -0.25) is 4.90 Å². The lowest BCUT2D eigenvalue weighted by atomic mass is 9.78. The Balaban J connectivity index is 1.26. The van der Waals surface area contributed by atoms with Crippen molar-refractivity contribution in [1.29, 1.82) is 0 Å². The smallest absolute Gasteiger partial charge is 0.444 e. The largest absolute Gasteiger partial charge is 0.494 e. The van der Waals surface area contributed by atoms with Gasteiger partial charge >= 0.3 is 13.2 Å². The minimum absolute atomic E-state index is 0.130. The molecule has 0 saturated carbocycles. The Hall–Kier alpha value is -3.36. The number of hydrogen-bond donors (Lipinski definition) is 1. The standard InChI is InChI=1S/C33H40BN3O4/c1-20-15-28(37(19-20)30(38)39-31(2,3)4)29-35-26-14-12-24(18-27(26)36-29)21-9-10-23-17-25(13-11-22(23)16-21)34-40-32(5,6)33(7,8)41-34/h9-14,16-18,20,28H,15,19H2,1-8H3,(H,35,36)/t20-,28+/m1/s1. The van der Waals surface area contributed by atoms with Gasteiger partial charge in [0, 0.05) is 6.54 Å². The second-order valence-electron chi connectivity index (χ2n) is 13.8. The SMILES string of the molecule is C[C@@H]1C[C@@H](c2nc3ccc(-c4ccc5cc(B6OC(C)(C)C(C)(C)O6)ccc5c4)cc3[nH]2)N(C(=O)OC(C)(C)C)C1. The molecule has 1 N–H and O–H groups in total. The van der Waals surface area contributed by atoms with E-state index in [1.807, 2.05) is 31.7 Å². The molecule has 1 aromatic heterocycles. The van der Waals surface area contributed by atoms with Crippen LogP contribution in [0.2, 0.25) is 0 Å². The second kappa shape index (κ2) is 9.60. The number of nitrogens with one attached hydrogen (secondary N) is 1. The number of rotatable bonds is 3. The van der Waals surface area contributed by atoms with Crippen LogP contribution < -0.4 is 5.46 Å². The van der Waals surface area contributed by atoms with Crippen molar-refractivity contribution in [2.24, 2.45) is 5.92 Å². The van der Waals surface area contributed by atoms with Crippen LogP contribution in [0.3, 0.4) is 0 Å². The van der Waals surface area contributed by atoms with Crippen LogP contribution in [0.5, 0.6) is 0 Å². The molecule has 2 fully saturated rings. The van der Waals surface area contributed by atoms with Gasteiger partial charge in [-0.25, -0.2) is 9.78 Å². The zero-order valence-corrected chi connectivity index (χ0v) is 25.4. The van der Waals surface area contributed by atoms with Crippen LogP contribution in [-0.4, -0.2) is 51.4 Å². The molecule has 0 aliphatic carbocycles. The average molecular weight is 554 g/mol. The number of imidazole rings is 1. The van der Waals surface area contributed by atoms with E-state index < -0.39 is 5.60 Å². The highest BCUT2D eigenvalue weighted by molar-refractivity contribution is 6.62. The van der Waals surface area contributed by atoms with E-state index in [4.69, 9.17) is 19.0 Å². The molecule has 3 heterocycles. The highest BCUT2D eigenvalue weighted by atomic mass is 16.7. The zero-order valence-electron chi connectivity index (χ0n) is 25.4. The van der Waals surface area contributed by atoms with Crippen LogP contribution >= 0.6 is 0 Å². The van der Waals surface area contributed by atoms with Crippen molar-refractivity contribution in [3.05, 3.63) is 60.4 Å². The van der Waals surface area contributed by atoms with Crippen LogP contribution in [0, 0.1) is 5.92 Å². The third kappa shape index (κ3) is 5.24. The van der Waals surface area contributed by atoms with Gasteiger partial charge in [0.1, 0.15) is 11.4 Å². The highest BCUT2D eigenvalue weighted by Gasteiger charge is 2.51. The molecule has 0 radical (unpaired) electrons. The van der Waals surface area contributed by atoms with Crippen LogP contribution in [0.4, 0.5) is 4.79 Å². The number of H-pyrrole nitrogens is 1. The summed E-state index contributed by atoms with van der Waals surface area (Å²) in [5, 5.41) is 2.30. The van der Waals surface area contributed by atoms with Crippen molar-refractivity contribution in [3.8, 4) is 11.1 Å². The molecule has 2 atom stereocenters. The fourth-order valence-electron chi connectivity index (χ4n) is 5.76. The molecule has 7 nitrogen and oxygen atoms in total. The summed E-state index contributed by atoms with van der Waals surface area (Å²) in [7, 11) is -0.379. The number of carbonyl (C=O) groups is 1. The fourth-order valence-corrected chi connectivity index (χ4v) is 5.76. The maximum atomic E-state index is 13.0. The van der Waals surface area contributed by atoms with Gasteiger partial charge in [-0.05, 0) is 106 Å². The molecule has 2 aliphatic heterocycles. The van der Waals surface area contributed by atoms with E-state index in [0.29, 0.717) is 12.5 Å². The molecule has 2 aliphatic rings. The predicted molar refractivity (Wildman–Crippen MR) is 164 cm³/mol. The number of nitrogens with zero attached hydrogens (tertiary/aromatic N) is 2. The highest BCUT2D eigenvalue weighted by Crippen LogP contribution is 2.38. The van der Waals surface area contributed by atoms with Crippen molar-refractivity contribution in [3.63, 3.8) is 0 Å². The summed E-state index contributed by atoms with van der Waals surface area (Å²) in [6, 6.07) is 19.1. The van der Waals surface area contributed by atoms with Crippen molar-refractivity contribution in [1.82, 2.24) is 14.9 Å². The number of hydrogen-bond acceptors (Lipinski definition) is 5. The van der Waals surface area contributed by atoms with E-state index >= 15 is 0 Å². The number of aromatic amines is 1. The number of benzene rings is 3. The fraction of sp³-hybridized carbons (Fsp3) is 0.455. The lowest BCUT2D eigenvalue weighted by Gasteiger charge is -2.32. The first-order valence-corrected chi connectivity index (χ1v) is 14.6. The molecule has 41 heavy (non-hydrogen) atoms. The number of carbonyl (C=O) groups excluding carboxylic acids is 1. The first kappa shape index (κ1) is 27.8. The van der Waals surface area contributed by atoms with E-state index in [9.17, 15) is 4.79 Å². The van der Waals surface area contributed by atoms with Crippen LogP contribution in [0.25, 0.3) is 32.9 Å². The first-order valence-electron chi connectivity index (χ1n) is 14.6. The maximum Gasteiger partial charge on any atom is 0.494 e. The van der Waals surface area contributed by atoms with Gasteiger partial charge in [-0.15, -0.1) is 0 Å². The number of likely N-dealkylation sites (tertiary alicyclic amines) is 1. The molecule has 4 aromatic rings. The van der Waals surface area contributed by atoms with Crippen molar-refractivity contribution in [2.75, 3.05) is 6.54 Å². The summed E-state index contributed by atoms with van der Waals surface area (Å²) in [4.78, 5) is 23.2. The number of fused-ring (bicyclic) bond motifs is 2. The molecule has 214 valence electrons. The second-order valence-corrected chi connectivity index (χ2v) is 13.8. The summed E-state index contributed by atoms with van der Waals surface area (Å²) in [5.74, 6) is 1.18. The summed E-state index contributed by atoms with van der Waals surface area (Å²) in [5.41, 5.74) is 3.83. The van der Waals surface area contributed by atoms with E-state index in [0.717, 1.165) is 50.6 Å². The Bertz CT molecular complexity index is 1620. The quantitative estimate of drug-likeness (QED) is 0.277. The molecule has 8 heteroatoms. The lowest BCUT2D eigenvalue weighted by Crippen LogP contribution is -2.41. The normalized spacial score (nSPS) is 22.1. The minimum atomic E-state index is -0.538.